The zero-order chi connectivity index (χ0) is 12.5. The molecule has 0 spiro atoms. The maximum Gasteiger partial charge on any atom is 0.143 e. The first kappa shape index (κ1) is 11.9. The van der Waals surface area contributed by atoms with Gasteiger partial charge in [0.2, 0.25) is 0 Å². The molecule has 92 valence electrons. The van der Waals surface area contributed by atoms with E-state index in [4.69, 9.17) is 11.1 Å². The number of nitrogens with one attached hydrogen (secondary N) is 1. The van der Waals surface area contributed by atoms with Crippen molar-refractivity contribution in [1.29, 1.82) is 5.41 Å². The van der Waals surface area contributed by atoms with Gasteiger partial charge in [-0.25, -0.2) is 0 Å². The first-order chi connectivity index (χ1) is 7.99. The van der Waals surface area contributed by atoms with Gasteiger partial charge in [-0.15, -0.1) is 0 Å². The second kappa shape index (κ2) is 4.35. The number of amidine groups is 1. The van der Waals surface area contributed by atoms with E-state index in [0.29, 0.717) is 11.1 Å². The fraction of sp³-hybridized carbons (Fsp3) is 0.538. The Morgan fingerprint density at radius 2 is 2.06 bits per heavy atom. The number of pyridine rings is 1. The molecule has 0 saturated carbocycles. The highest BCUT2D eigenvalue weighted by atomic mass is 15.1. The molecule has 17 heavy (non-hydrogen) atoms. The number of nitrogens with zero attached hydrogens (tertiary/aromatic N) is 2. The number of aromatic nitrogens is 1. The van der Waals surface area contributed by atoms with Crippen LogP contribution in [0.25, 0.3) is 0 Å². The Kier molecular flexibility index (Phi) is 3.05. The third kappa shape index (κ3) is 2.57. The van der Waals surface area contributed by atoms with Gasteiger partial charge in [-0.1, -0.05) is 13.8 Å². The summed E-state index contributed by atoms with van der Waals surface area (Å²) in [4.78, 5) is 6.49. The van der Waals surface area contributed by atoms with Gasteiger partial charge in [-0.3, -0.25) is 10.4 Å². The highest BCUT2D eigenvalue weighted by molar-refractivity contribution is 5.98. The lowest BCUT2D eigenvalue weighted by Gasteiger charge is -2.38. The summed E-state index contributed by atoms with van der Waals surface area (Å²) < 4.78 is 0. The van der Waals surface area contributed by atoms with Gasteiger partial charge >= 0.3 is 0 Å². The first-order valence-corrected chi connectivity index (χ1v) is 6.04. The van der Waals surface area contributed by atoms with Crippen LogP contribution < -0.4 is 10.6 Å². The van der Waals surface area contributed by atoms with Crippen LogP contribution in [-0.4, -0.2) is 23.9 Å². The molecule has 1 aliphatic rings. The van der Waals surface area contributed by atoms with Gasteiger partial charge in [-0.05, 0) is 30.4 Å². The van der Waals surface area contributed by atoms with Crippen molar-refractivity contribution in [2.75, 3.05) is 18.0 Å². The summed E-state index contributed by atoms with van der Waals surface area (Å²) >= 11 is 0. The molecule has 0 unspecified atom stereocenters. The molecule has 0 amide bonds. The van der Waals surface area contributed by atoms with E-state index < -0.39 is 0 Å². The topological polar surface area (TPSA) is 66.0 Å². The van der Waals surface area contributed by atoms with Crippen molar-refractivity contribution in [3.8, 4) is 0 Å². The molecule has 2 rings (SSSR count). The maximum atomic E-state index is 7.56. The molecular formula is C13H20N4. The van der Waals surface area contributed by atoms with E-state index in [9.17, 15) is 0 Å². The summed E-state index contributed by atoms with van der Waals surface area (Å²) in [5, 5.41) is 7.56. The zero-order valence-corrected chi connectivity index (χ0v) is 10.5. The average Bonchev–Trinajstić information content (AvgIpc) is 2.29. The van der Waals surface area contributed by atoms with Gasteiger partial charge in [0.25, 0.3) is 0 Å². The average molecular weight is 232 g/mol. The summed E-state index contributed by atoms with van der Waals surface area (Å²) in [5.74, 6) is 0.0467. The number of anilines is 1. The van der Waals surface area contributed by atoms with Crippen LogP contribution in [0.5, 0.6) is 0 Å². The monoisotopic (exact) mass is 232 g/mol. The van der Waals surface area contributed by atoms with Gasteiger partial charge in [0, 0.05) is 19.3 Å². The van der Waals surface area contributed by atoms with Crippen LogP contribution in [0, 0.1) is 10.8 Å². The summed E-state index contributed by atoms with van der Waals surface area (Å²) in [5.41, 5.74) is 7.59. The molecular weight excluding hydrogens is 212 g/mol. The van der Waals surface area contributed by atoms with Gasteiger partial charge in [0.05, 0.1) is 5.69 Å². The minimum atomic E-state index is 0.0467. The quantitative estimate of drug-likeness (QED) is 0.605. The van der Waals surface area contributed by atoms with Gasteiger partial charge < -0.3 is 10.6 Å². The smallest absolute Gasteiger partial charge is 0.143 e. The van der Waals surface area contributed by atoms with Crippen LogP contribution >= 0.6 is 0 Å². The van der Waals surface area contributed by atoms with E-state index in [1.54, 1.807) is 6.20 Å². The minimum absolute atomic E-state index is 0.0467. The standard InChI is InChI=1S/C13H20N4/c1-13(2)5-8-17(9-6-13)10-4-3-7-16-11(10)12(14)15/h3-4,7H,5-6,8-9H2,1-2H3,(H3,14,15). The van der Waals surface area contributed by atoms with Crippen LogP contribution in [0.4, 0.5) is 5.69 Å². The predicted octanol–water partition coefficient (Wildman–Crippen LogP) is 1.99. The molecule has 1 aromatic rings. The summed E-state index contributed by atoms with van der Waals surface area (Å²) in [6.07, 6.45) is 4.02. The second-order valence-corrected chi connectivity index (χ2v) is 5.44. The highest BCUT2D eigenvalue weighted by Crippen LogP contribution is 2.32. The van der Waals surface area contributed by atoms with Crippen molar-refractivity contribution in [3.63, 3.8) is 0 Å². The van der Waals surface area contributed by atoms with Crippen molar-refractivity contribution in [2.24, 2.45) is 11.1 Å². The number of nitrogens with two attached hydrogens (primary N) is 1. The Hall–Kier alpha value is -1.58. The van der Waals surface area contributed by atoms with E-state index in [0.717, 1.165) is 18.8 Å². The van der Waals surface area contributed by atoms with E-state index in [1.807, 2.05) is 12.1 Å². The van der Waals surface area contributed by atoms with Crippen LogP contribution in [0.3, 0.4) is 0 Å². The normalized spacial score (nSPS) is 19.1. The third-order valence-electron chi connectivity index (χ3n) is 3.50. The van der Waals surface area contributed by atoms with Crippen molar-refractivity contribution in [1.82, 2.24) is 4.98 Å². The lowest BCUT2D eigenvalue weighted by Crippen LogP contribution is -2.38. The summed E-state index contributed by atoms with van der Waals surface area (Å²) in [6.45, 7) is 6.64. The third-order valence-corrected chi connectivity index (χ3v) is 3.50. The molecule has 1 aliphatic heterocycles. The summed E-state index contributed by atoms with van der Waals surface area (Å²) in [6, 6.07) is 3.91. The maximum absolute atomic E-state index is 7.56. The number of hydrogen-bond acceptors (Lipinski definition) is 3. The SMILES string of the molecule is CC1(C)CCN(c2cccnc2C(=N)N)CC1. The highest BCUT2D eigenvalue weighted by Gasteiger charge is 2.26. The zero-order valence-electron chi connectivity index (χ0n) is 10.5. The van der Waals surface area contributed by atoms with Crippen LogP contribution in [-0.2, 0) is 0 Å². The lowest BCUT2D eigenvalue weighted by atomic mass is 9.82. The van der Waals surface area contributed by atoms with Gasteiger partial charge in [0.15, 0.2) is 0 Å². The molecule has 4 nitrogen and oxygen atoms in total. The molecule has 1 saturated heterocycles. The number of nitrogen functional groups attached to an aromatic ring is 1. The largest absolute Gasteiger partial charge is 0.382 e. The Labute approximate surface area is 102 Å². The Bertz CT molecular complexity index is 415. The molecule has 4 heteroatoms. The van der Waals surface area contributed by atoms with Crippen LogP contribution in [0.15, 0.2) is 18.3 Å². The second-order valence-electron chi connectivity index (χ2n) is 5.44. The fourth-order valence-corrected chi connectivity index (χ4v) is 2.21. The molecule has 0 aliphatic carbocycles. The summed E-state index contributed by atoms with van der Waals surface area (Å²) in [7, 11) is 0. The van der Waals surface area contributed by atoms with Gasteiger partial charge in [0.1, 0.15) is 11.5 Å². The van der Waals surface area contributed by atoms with Crippen molar-refractivity contribution in [2.45, 2.75) is 26.7 Å². The van der Waals surface area contributed by atoms with E-state index in [2.05, 4.69) is 23.7 Å². The number of hydrogen-bond donors (Lipinski definition) is 2. The molecule has 0 radical (unpaired) electrons. The number of piperidine rings is 1. The molecule has 1 fully saturated rings. The molecule has 2 heterocycles. The Morgan fingerprint density at radius 1 is 1.41 bits per heavy atom. The molecule has 0 bridgehead atoms. The molecule has 1 aromatic heterocycles. The van der Waals surface area contributed by atoms with Crippen LogP contribution in [0.1, 0.15) is 32.4 Å². The van der Waals surface area contributed by atoms with Crippen molar-refractivity contribution >= 4 is 11.5 Å². The Balaban J connectivity index is 2.21. The van der Waals surface area contributed by atoms with E-state index >= 15 is 0 Å². The first-order valence-electron chi connectivity index (χ1n) is 6.04. The molecule has 0 aromatic carbocycles. The molecule has 3 N–H and O–H groups in total. The fourth-order valence-electron chi connectivity index (χ4n) is 2.21. The minimum Gasteiger partial charge on any atom is -0.382 e. The van der Waals surface area contributed by atoms with E-state index in [-0.39, 0.29) is 5.84 Å². The van der Waals surface area contributed by atoms with Gasteiger partial charge in [-0.2, -0.15) is 0 Å². The lowest BCUT2D eigenvalue weighted by molar-refractivity contribution is 0.279. The molecule has 0 atom stereocenters. The van der Waals surface area contributed by atoms with E-state index in [1.165, 1.54) is 12.8 Å². The van der Waals surface area contributed by atoms with Crippen molar-refractivity contribution in [3.05, 3.63) is 24.0 Å². The predicted molar refractivity (Wildman–Crippen MR) is 70.5 cm³/mol. The Morgan fingerprint density at radius 3 is 2.65 bits per heavy atom. The number of rotatable bonds is 2. The van der Waals surface area contributed by atoms with Crippen LogP contribution in [0.2, 0.25) is 0 Å². The van der Waals surface area contributed by atoms with Crippen molar-refractivity contribution < 1.29 is 0 Å².